The standard InChI is InChI=1S/C16H21ClFNO2/c1-11-4-2-3-5-15(11)21-9-8-19-16(20)13-10-12(17)6-7-14(13)18/h6-7,10-11,15H,2-5,8-9H2,1H3,(H,19,20)/t11-,15-/m1/s1. The number of hydrogen-bond donors (Lipinski definition) is 1. The van der Waals surface area contributed by atoms with Gasteiger partial charge in [-0.25, -0.2) is 4.39 Å². The van der Waals surface area contributed by atoms with E-state index in [1.54, 1.807) is 0 Å². The molecule has 0 spiro atoms. The molecule has 1 N–H and O–H groups in total. The topological polar surface area (TPSA) is 38.3 Å². The summed E-state index contributed by atoms with van der Waals surface area (Å²) in [6.45, 7) is 3.01. The fourth-order valence-corrected chi connectivity index (χ4v) is 2.84. The molecule has 0 heterocycles. The van der Waals surface area contributed by atoms with Crippen LogP contribution in [-0.4, -0.2) is 25.2 Å². The van der Waals surface area contributed by atoms with Gasteiger partial charge in [-0.1, -0.05) is 31.4 Å². The lowest BCUT2D eigenvalue weighted by atomic mass is 9.88. The van der Waals surface area contributed by atoms with Gasteiger partial charge in [0, 0.05) is 11.6 Å². The molecule has 3 nitrogen and oxygen atoms in total. The van der Waals surface area contributed by atoms with Gasteiger partial charge >= 0.3 is 0 Å². The third-order valence-corrected chi connectivity index (χ3v) is 4.16. The zero-order valence-electron chi connectivity index (χ0n) is 12.2. The molecule has 1 aromatic carbocycles. The first-order valence-electron chi connectivity index (χ1n) is 7.43. The van der Waals surface area contributed by atoms with Gasteiger partial charge in [-0.05, 0) is 37.0 Å². The summed E-state index contributed by atoms with van der Waals surface area (Å²) in [4.78, 5) is 11.9. The maximum absolute atomic E-state index is 13.5. The molecule has 0 bridgehead atoms. The van der Waals surface area contributed by atoms with Crippen LogP contribution in [0.2, 0.25) is 5.02 Å². The number of benzene rings is 1. The molecule has 1 saturated carbocycles. The van der Waals surface area contributed by atoms with Crippen LogP contribution >= 0.6 is 11.6 Å². The summed E-state index contributed by atoms with van der Waals surface area (Å²) in [5.41, 5.74) is -0.0338. The SMILES string of the molecule is C[C@@H]1CCCC[C@H]1OCCNC(=O)c1cc(Cl)ccc1F. The Labute approximate surface area is 129 Å². The van der Waals surface area contributed by atoms with Crippen molar-refractivity contribution >= 4 is 17.5 Å². The fraction of sp³-hybridized carbons (Fsp3) is 0.562. The minimum Gasteiger partial charge on any atom is -0.376 e. The third-order valence-electron chi connectivity index (χ3n) is 3.93. The van der Waals surface area contributed by atoms with Gasteiger partial charge in [0.15, 0.2) is 0 Å². The van der Waals surface area contributed by atoms with E-state index in [1.165, 1.54) is 37.5 Å². The first-order valence-corrected chi connectivity index (χ1v) is 7.80. The van der Waals surface area contributed by atoms with Crippen molar-refractivity contribution in [3.05, 3.63) is 34.6 Å². The first kappa shape index (κ1) is 16.2. The lowest BCUT2D eigenvalue weighted by molar-refractivity contribution is -0.00295. The van der Waals surface area contributed by atoms with E-state index in [-0.39, 0.29) is 11.7 Å². The van der Waals surface area contributed by atoms with E-state index in [9.17, 15) is 9.18 Å². The highest BCUT2D eigenvalue weighted by atomic mass is 35.5. The Hall–Kier alpha value is -1.13. The molecule has 1 aromatic rings. The Morgan fingerprint density at radius 2 is 2.19 bits per heavy atom. The van der Waals surface area contributed by atoms with Gasteiger partial charge in [-0.3, -0.25) is 4.79 Å². The number of halogens is 2. The maximum atomic E-state index is 13.5. The highest BCUT2D eigenvalue weighted by molar-refractivity contribution is 6.30. The summed E-state index contributed by atoms with van der Waals surface area (Å²) < 4.78 is 19.3. The van der Waals surface area contributed by atoms with E-state index < -0.39 is 11.7 Å². The summed E-state index contributed by atoms with van der Waals surface area (Å²) in [6.07, 6.45) is 5.03. The zero-order valence-corrected chi connectivity index (χ0v) is 13.0. The normalized spacial score (nSPS) is 22.0. The van der Waals surface area contributed by atoms with Crippen LogP contribution < -0.4 is 5.32 Å². The average Bonchev–Trinajstić information content (AvgIpc) is 2.47. The fourth-order valence-electron chi connectivity index (χ4n) is 2.67. The molecule has 0 aromatic heterocycles. The predicted molar refractivity (Wildman–Crippen MR) is 81.1 cm³/mol. The molecule has 2 atom stereocenters. The van der Waals surface area contributed by atoms with Crippen molar-refractivity contribution in [2.45, 2.75) is 38.7 Å². The number of ether oxygens (including phenoxy) is 1. The Balaban J connectivity index is 1.75. The molecule has 1 fully saturated rings. The average molecular weight is 314 g/mol. The Morgan fingerprint density at radius 1 is 1.43 bits per heavy atom. The molecule has 1 aliphatic carbocycles. The van der Waals surface area contributed by atoms with Gasteiger partial charge in [0.2, 0.25) is 0 Å². The van der Waals surface area contributed by atoms with Crippen LogP contribution in [0.25, 0.3) is 0 Å². The minimum absolute atomic E-state index is 0.0338. The van der Waals surface area contributed by atoms with Crippen LogP contribution in [0, 0.1) is 11.7 Å². The van der Waals surface area contributed by atoms with Gasteiger partial charge in [-0.2, -0.15) is 0 Å². The predicted octanol–water partition coefficient (Wildman–Crippen LogP) is 3.80. The van der Waals surface area contributed by atoms with Crippen molar-refractivity contribution in [2.75, 3.05) is 13.2 Å². The number of carbonyl (C=O) groups excluding carboxylic acids is 1. The van der Waals surface area contributed by atoms with E-state index in [2.05, 4.69) is 12.2 Å². The summed E-state index contributed by atoms with van der Waals surface area (Å²) in [5.74, 6) is -0.464. The Bertz CT molecular complexity index is 495. The van der Waals surface area contributed by atoms with Crippen LogP contribution in [0.4, 0.5) is 4.39 Å². The second-order valence-corrected chi connectivity index (χ2v) is 5.99. The summed E-state index contributed by atoms with van der Waals surface area (Å²) in [5, 5.41) is 3.00. The molecule has 1 aliphatic rings. The molecule has 5 heteroatoms. The van der Waals surface area contributed by atoms with E-state index in [0.29, 0.717) is 24.1 Å². The van der Waals surface area contributed by atoms with E-state index in [1.807, 2.05) is 0 Å². The summed E-state index contributed by atoms with van der Waals surface area (Å²) in [6, 6.07) is 3.94. The maximum Gasteiger partial charge on any atom is 0.254 e. The largest absolute Gasteiger partial charge is 0.376 e. The second kappa shape index (κ2) is 7.76. The van der Waals surface area contributed by atoms with Gasteiger partial charge in [-0.15, -0.1) is 0 Å². The lowest BCUT2D eigenvalue weighted by Crippen LogP contribution is -2.32. The van der Waals surface area contributed by atoms with Crippen molar-refractivity contribution in [2.24, 2.45) is 5.92 Å². The monoisotopic (exact) mass is 313 g/mol. The summed E-state index contributed by atoms with van der Waals surface area (Å²) in [7, 11) is 0. The van der Waals surface area contributed by atoms with Crippen molar-refractivity contribution in [1.29, 1.82) is 0 Å². The van der Waals surface area contributed by atoms with Crippen molar-refractivity contribution in [3.63, 3.8) is 0 Å². The molecule has 0 aliphatic heterocycles. The minimum atomic E-state index is -0.571. The molecule has 21 heavy (non-hydrogen) atoms. The highest BCUT2D eigenvalue weighted by Crippen LogP contribution is 2.26. The Kier molecular flexibility index (Phi) is 6.00. The molecular formula is C16H21ClFNO2. The number of nitrogens with one attached hydrogen (secondary N) is 1. The third kappa shape index (κ3) is 4.68. The van der Waals surface area contributed by atoms with Crippen molar-refractivity contribution < 1.29 is 13.9 Å². The molecule has 116 valence electrons. The summed E-state index contributed by atoms with van der Waals surface area (Å²) >= 11 is 5.77. The van der Waals surface area contributed by atoms with Crippen molar-refractivity contribution in [3.8, 4) is 0 Å². The van der Waals surface area contributed by atoms with E-state index >= 15 is 0 Å². The molecule has 0 unspecified atom stereocenters. The van der Waals surface area contributed by atoms with Crippen LogP contribution in [0.15, 0.2) is 18.2 Å². The lowest BCUT2D eigenvalue weighted by Gasteiger charge is -2.28. The second-order valence-electron chi connectivity index (χ2n) is 5.55. The van der Waals surface area contributed by atoms with Crippen LogP contribution in [0.5, 0.6) is 0 Å². The quantitative estimate of drug-likeness (QED) is 0.840. The van der Waals surface area contributed by atoms with Gasteiger partial charge in [0.25, 0.3) is 5.91 Å². The van der Waals surface area contributed by atoms with Crippen LogP contribution in [-0.2, 0) is 4.74 Å². The first-order chi connectivity index (χ1) is 10.1. The van der Waals surface area contributed by atoms with Crippen LogP contribution in [0.3, 0.4) is 0 Å². The van der Waals surface area contributed by atoms with E-state index in [4.69, 9.17) is 16.3 Å². The molecule has 2 rings (SSSR count). The Morgan fingerprint density at radius 3 is 2.95 bits per heavy atom. The van der Waals surface area contributed by atoms with Crippen molar-refractivity contribution in [1.82, 2.24) is 5.32 Å². The molecule has 0 radical (unpaired) electrons. The molecule has 0 saturated heterocycles. The number of amides is 1. The molecular weight excluding hydrogens is 293 g/mol. The highest BCUT2D eigenvalue weighted by Gasteiger charge is 2.21. The number of rotatable bonds is 5. The van der Waals surface area contributed by atoms with E-state index in [0.717, 1.165) is 6.42 Å². The van der Waals surface area contributed by atoms with Crippen LogP contribution in [0.1, 0.15) is 43.0 Å². The van der Waals surface area contributed by atoms with Gasteiger partial charge < -0.3 is 10.1 Å². The van der Waals surface area contributed by atoms with Gasteiger partial charge in [0.05, 0.1) is 18.3 Å². The number of carbonyl (C=O) groups is 1. The smallest absolute Gasteiger partial charge is 0.254 e. The van der Waals surface area contributed by atoms with Gasteiger partial charge in [0.1, 0.15) is 5.82 Å². The molecule has 1 amide bonds. The number of hydrogen-bond acceptors (Lipinski definition) is 2. The zero-order chi connectivity index (χ0) is 15.2.